The van der Waals surface area contributed by atoms with Crippen molar-refractivity contribution in [3.05, 3.63) is 30.7 Å². The molecule has 0 bridgehead atoms. The van der Waals surface area contributed by atoms with Crippen molar-refractivity contribution < 1.29 is 17.9 Å². The lowest BCUT2D eigenvalue weighted by Gasteiger charge is -2.12. The minimum absolute atomic E-state index is 0.0302. The lowest BCUT2D eigenvalue weighted by atomic mass is 10.3. The third-order valence-corrected chi connectivity index (χ3v) is 3.70. The number of aromatic amines is 1. The maximum Gasteiger partial charge on any atom is 0.279 e. The van der Waals surface area contributed by atoms with Crippen LogP contribution in [0, 0.1) is 0 Å². The first-order valence-electron chi connectivity index (χ1n) is 5.30. The van der Waals surface area contributed by atoms with Crippen molar-refractivity contribution in [2.75, 3.05) is 18.9 Å². The van der Waals surface area contributed by atoms with Crippen LogP contribution in [0.1, 0.15) is 0 Å². The van der Waals surface area contributed by atoms with Gasteiger partial charge in [0.25, 0.3) is 10.0 Å². The fourth-order valence-corrected chi connectivity index (χ4v) is 2.45. The summed E-state index contributed by atoms with van der Waals surface area (Å²) in [6, 6.07) is 4.82. The zero-order valence-electron chi connectivity index (χ0n) is 10.4. The molecule has 0 aliphatic rings. The number of ether oxygens (including phenoxy) is 2. The standard InChI is InChI=1S/C11H13N3O4S/c1-17-8-3-4-10(18-2)9(5-8)14-19(15,16)11-6-12-7-13-11/h3-7,14H,1-2H3,(H,12,13). The van der Waals surface area contributed by atoms with Crippen molar-refractivity contribution in [1.29, 1.82) is 0 Å². The third kappa shape index (κ3) is 2.79. The molecular formula is C11H13N3O4S. The number of rotatable bonds is 5. The molecule has 1 aromatic carbocycles. The maximum atomic E-state index is 12.1. The first-order valence-corrected chi connectivity index (χ1v) is 6.78. The van der Waals surface area contributed by atoms with Gasteiger partial charge < -0.3 is 14.5 Å². The summed E-state index contributed by atoms with van der Waals surface area (Å²) in [4.78, 5) is 6.21. The number of anilines is 1. The average molecular weight is 283 g/mol. The molecule has 2 N–H and O–H groups in total. The number of sulfonamides is 1. The molecule has 0 saturated heterocycles. The maximum absolute atomic E-state index is 12.1. The van der Waals surface area contributed by atoms with Gasteiger partial charge in [0.15, 0.2) is 5.03 Å². The summed E-state index contributed by atoms with van der Waals surface area (Å²) in [7, 11) is -0.782. The summed E-state index contributed by atoms with van der Waals surface area (Å²) in [5, 5.41) is -0.0302. The molecule has 0 saturated carbocycles. The minimum Gasteiger partial charge on any atom is -0.497 e. The molecule has 2 rings (SSSR count). The van der Waals surface area contributed by atoms with Gasteiger partial charge in [-0.25, -0.2) is 4.98 Å². The number of nitrogens with zero attached hydrogens (tertiary/aromatic N) is 1. The van der Waals surface area contributed by atoms with Crippen molar-refractivity contribution in [2.45, 2.75) is 5.03 Å². The van der Waals surface area contributed by atoms with Crippen LogP contribution < -0.4 is 14.2 Å². The summed E-state index contributed by atoms with van der Waals surface area (Å²) >= 11 is 0. The van der Waals surface area contributed by atoms with Crippen LogP contribution in [0.25, 0.3) is 0 Å². The van der Waals surface area contributed by atoms with Gasteiger partial charge in [-0.2, -0.15) is 8.42 Å². The molecule has 1 aromatic heterocycles. The van der Waals surface area contributed by atoms with E-state index in [1.807, 2.05) is 0 Å². The zero-order valence-corrected chi connectivity index (χ0v) is 11.2. The lowest BCUT2D eigenvalue weighted by molar-refractivity contribution is 0.405. The number of hydrogen-bond donors (Lipinski definition) is 2. The van der Waals surface area contributed by atoms with Crippen LogP contribution in [0.3, 0.4) is 0 Å². The number of hydrogen-bond acceptors (Lipinski definition) is 5. The fraction of sp³-hybridized carbons (Fsp3) is 0.182. The number of imidazole rings is 1. The first-order chi connectivity index (χ1) is 9.06. The van der Waals surface area contributed by atoms with Gasteiger partial charge >= 0.3 is 0 Å². The first kappa shape index (κ1) is 13.2. The van der Waals surface area contributed by atoms with Crippen LogP contribution in [-0.4, -0.2) is 32.6 Å². The van der Waals surface area contributed by atoms with Gasteiger partial charge in [0, 0.05) is 6.07 Å². The van der Waals surface area contributed by atoms with Gasteiger partial charge in [0.05, 0.1) is 32.4 Å². The molecule has 0 aliphatic heterocycles. The SMILES string of the molecule is COc1ccc(OC)c(NS(=O)(=O)c2cnc[nH]2)c1. The molecule has 0 atom stereocenters. The van der Waals surface area contributed by atoms with Crippen molar-refractivity contribution in [3.8, 4) is 11.5 Å². The van der Waals surface area contributed by atoms with Crippen LogP contribution in [-0.2, 0) is 10.0 Å². The van der Waals surface area contributed by atoms with E-state index in [1.54, 1.807) is 12.1 Å². The van der Waals surface area contributed by atoms with Crippen LogP contribution in [0.5, 0.6) is 11.5 Å². The number of nitrogens with one attached hydrogen (secondary N) is 2. The van der Waals surface area contributed by atoms with E-state index in [0.717, 1.165) is 0 Å². The quantitative estimate of drug-likeness (QED) is 0.860. The second kappa shape index (κ2) is 5.19. The number of aromatic nitrogens is 2. The van der Waals surface area contributed by atoms with E-state index in [1.165, 1.54) is 32.8 Å². The molecular weight excluding hydrogens is 270 g/mol. The Morgan fingerprint density at radius 2 is 2.05 bits per heavy atom. The minimum atomic E-state index is -3.73. The Morgan fingerprint density at radius 1 is 1.26 bits per heavy atom. The Bertz CT molecular complexity index is 653. The molecule has 0 spiro atoms. The third-order valence-electron chi connectivity index (χ3n) is 2.41. The van der Waals surface area contributed by atoms with Gasteiger partial charge in [-0.1, -0.05) is 0 Å². The Balaban J connectivity index is 2.37. The van der Waals surface area contributed by atoms with Crippen molar-refractivity contribution in [2.24, 2.45) is 0 Å². The van der Waals surface area contributed by atoms with Crippen LogP contribution >= 0.6 is 0 Å². The zero-order chi connectivity index (χ0) is 13.9. The Hall–Kier alpha value is -2.22. The summed E-state index contributed by atoms with van der Waals surface area (Å²) in [6.45, 7) is 0. The summed E-state index contributed by atoms with van der Waals surface area (Å²) < 4.78 is 36.7. The molecule has 0 radical (unpaired) electrons. The lowest BCUT2D eigenvalue weighted by Crippen LogP contribution is -2.14. The largest absolute Gasteiger partial charge is 0.497 e. The van der Waals surface area contributed by atoms with E-state index >= 15 is 0 Å². The average Bonchev–Trinajstić information content (AvgIpc) is 2.93. The van der Waals surface area contributed by atoms with Gasteiger partial charge in [-0.15, -0.1) is 0 Å². The molecule has 8 heteroatoms. The van der Waals surface area contributed by atoms with E-state index in [-0.39, 0.29) is 10.7 Å². The Labute approximate surface area is 110 Å². The molecule has 0 fully saturated rings. The van der Waals surface area contributed by atoms with E-state index in [2.05, 4.69) is 14.7 Å². The molecule has 102 valence electrons. The van der Waals surface area contributed by atoms with E-state index in [9.17, 15) is 8.42 Å². The molecule has 1 heterocycles. The second-order valence-electron chi connectivity index (χ2n) is 3.59. The monoisotopic (exact) mass is 283 g/mol. The number of methoxy groups -OCH3 is 2. The van der Waals surface area contributed by atoms with Gasteiger partial charge in [0.2, 0.25) is 0 Å². The summed E-state index contributed by atoms with van der Waals surface area (Å²) in [5.74, 6) is 0.909. The van der Waals surface area contributed by atoms with Crippen LogP contribution in [0.15, 0.2) is 35.7 Å². The molecule has 2 aromatic rings. The van der Waals surface area contributed by atoms with E-state index in [4.69, 9.17) is 9.47 Å². The van der Waals surface area contributed by atoms with Gasteiger partial charge in [-0.3, -0.25) is 4.72 Å². The van der Waals surface area contributed by atoms with Gasteiger partial charge in [0.1, 0.15) is 11.5 Å². The van der Waals surface area contributed by atoms with Crippen LogP contribution in [0.4, 0.5) is 5.69 Å². The molecule has 0 unspecified atom stereocenters. The fourth-order valence-electron chi connectivity index (χ4n) is 1.48. The Kier molecular flexibility index (Phi) is 3.61. The highest BCUT2D eigenvalue weighted by Crippen LogP contribution is 2.30. The second-order valence-corrected chi connectivity index (χ2v) is 5.24. The highest BCUT2D eigenvalue weighted by atomic mass is 32.2. The van der Waals surface area contributed by atoms with Crippen molar-refractivity contribution in [3.63, 3.8) is 0 Å². The van der Waals surface area contributed by atoms with E-state index in [0.29, 0.717) is 11.5 Å². The van der Waals surface area contributed by atoms with Crippen molar-refractivity contribution >= 4 is 15.7 Å². The number of benzene rings is 1. The highest BCUT2D eigenvalue weighted by molar-refractivity contribution is 7.92. The molecule has 7 nitrogen and oxygen atoms in total. The normalized spacial score (nSPS) is 11.1. The molecule has 19 heavy (non-hydrogen) atoms. The van der Waals surface area contributed by atoms with E-state index < -0.39 is 10.0 Å². The smallest absolute Gasteiger partial charge is 0.279 e. The summed E-state index contributed by atoms with van der Waals surface area (Å²) in [5.41, 5.74) is 0.288. The Morgan fingerprint density at radius 3 is 2.63 bits per heavy atom. The molecule has 0 amide bonds. The highest BCUT2D eigenvalue weighted by Gasteiger charge is 2.18. The number of H-pyrrole nitrogens is 1. The van der Waals surface area contributed by atoms with Crippen molar-refractivity contribution in [1.82, 2.24) is 9.97 Å². The predicted octanol–water partition coefficient (Wildman–Crippen LogP) is 1.23. The molecule has 0 aliphatic carbocycles. The van der Waals surface area contributed by atoms with Gasteiger partial charge in [-0.05, 0) is 12.1 Å². The predicted molar refractivity (Wildman–Crippen MR) is 68.9 cm³/mol. The van der Waals surface area contributed by atoms with Crippen LogP contribution in [0.2, 0.25) is 0 Å². The summed E-state index contributed by atoms with van der Waals surface area (Å²) in [6.07, 6.45) is 2.51. The topological polar surface area (TPSA) is 93.3 Å².